The monoisotopic (exact) mass is 303 g/mol. The van der Waals surface area contributed by atoms with Crippen LogP contribution in [0.3, 0.4) is 0 Å². The summed E-state index contributed by atoms with van der Waals surface area (Å²) in [6, 6.07) is 12.0. The minimum Gasteiger partial charge on any atom is -0.489 e. The molecule has 1 aromatic heterocycles. The maximum absolute atomic E-state index is 13.2. The molecule has 0 N–H and O–H groups in total. The van der Waals surface area contributed by atoms with Gasteiger partial charge in [-0.1, -0.05) is 23.7 Å². The number of benzene rings is 2. The fraction of sp³-hybridized carbons (Fsp3) is 0.176. The van der Waals surface area contributed by atoms with Crippen LogP contribution in [0.1, 0.15) is 12.5 Å². The predicted molar refractivity (Wildman–Crippen MR) is 83.4 cm³/mol. The average molecular weight is 304 g/mol. The number of hydrogen-bond acceptors (Lipinski definition) is 1. The summed E-state index contributed by atoms with van der Waals surface area (Å²) in [5, 5.41) is 1.70. The number of aromatic nitrogens is 1. The van der Waals surface area contributed by atoms with Crippen molar-refractivity contribution in [2.75, 3.05) is 0 Å². The molecule has 0 radical (unpaired) electrons. The molecule has 21 heavy (non-hydrogen) atoms. The third-order valence-corrected chi connectivity index (χ3v) is 3.78. The highest BCUT2D eigenvalue weighted by Gasteiger charge is 2.11. The van der Waals surface area contributed by atoms with E-state index in [1.807, 2.05) is 24.4 Å². The Kier molecular flexibility index (Phi) is 3.84. The molecule has 3 rings (SSSR count). The molecule has 0 aliphatic heterocycles. The van der Waals surface area contributed by atoms with Crippen LogP contribution in [-0.4, -0.2) is 4.57 Å². The molecule has 3 aromatic rings. The molecule has 0 amide bonds. The van der Waals surface area contributed by atoms with Crippen molar-refractivity contribution >= 4 is 22.5 Å². The summed E-state index contributed by atoms with van der Waals surface area (Å²) in [4.78, 5) is 0. The summed E-state index contributed by atoms with van der Waals surface area (Å²) in [5.74, 6) is 0.209. The number of ether oxygens (including phenoxy) is 1. The van der Waals surface area contributed by atoms with Crippen LogP contribution in [0.5, 0.6) is 5.75 Å². The van der Waals surface area contributed by atoms with Gasteiger partial charge in [0.15, 0.2) is 0 Å². The van der Waals surface area contributed by atoms with E-state index in [0.29, 0.717) is 17.4 Å². The van der Waals surface area contributed by atoms with E-state index >= 15 is 0 Å². The third kappa shape index (κ3) is 2.74. The lowest BCUT2D eigenvalue weighted by Crippen LogP contribution is -1.95. The van der Waals surface area contributed by atoms with Crippen molar-refractivity contribution in [3.05, 3.63) is 65.1 Å². The Morgan fingerprint density at radius 1 is 1.19 bits per heavy atom. The first-order valence-corrected chi connectivity index (χ1v) is 7.21. The smallest absolute Gasteiger partial charge is 0.126 e. The number of aryl methyl sites for hydroxylation is 1. The molecule has 0 atom stereocenters. The van der Waals surface area contributed by atoms with Gasteiger partial charge in [0.05, 0.1) is 5.02 Å². The van der Waals surface area contributed by atoms with E-state index in [0.717, 1.165) is 23.0 Å². The van der Waals surface area contributed by atoms with Gasteiger partial charge >= 0.3 is 0 Å². The van der Waals surface area contributed by atoms with Crippen LogP contribution in [0.2, 0.25) is 5.02 Å². The van der Waals surface area contributed by atoms with Crippen LogP contribution in [-0.2, 0) is 13.2 Å². The van der Waals surface area contributed by atoms with E-state index in [-0.39, 0.29) is 5.82 Å². The highest BCUT2D eigenvalue weighted by atomic mass is 35.5. The second-order valence-corrected chi connectivity index (χ2v) is 5.23. The Morgan fingerprint density at radius 3 is 2.76 bits per heavy atom. The summed E-state index contributed by atoms with van der Waals surface area (Å²) in [5.41, 5.74) is 2.09. The standard InChI is InChI=1S/C17H15ClFNO/c1-2-20-10-12(17-15(18)7-4-8-16(17)20)11-21-14-6-3-5-13(19)9-14/h3-10H,2,11H2,1H3. The highest BCUT2D eigenvalue weighted by molar-refractivity contribution is 6.35. The number of hydrogen-bond donors (Lipinski definition) is 0. The molecular formula is C17H15ClFNO. The summed E-state index contributed by atoms with van der Waals surface area (Å²) in [7, 11) is 0. The third-order valence-electron chi connectivity index (χ3n) is 3.46. The Morgan fingerprint density at radius 2 is 2.00 bits per heavy atom. The molecule has 2 aromatic carbocycles. The molecule has 0 fully saturated rings. The fourth-order valence-corrected chi connectivity index (χ4v) is 2.77. The molecule has 0 aliphatic rings. The Bertz CT molecular complexity index is 782. The SMILES string of the molecule is CCn1cc(COc2cccc(F)c2)c2c(Cl)cccc21. The van der Waals surface area contributed by atoms with Gasteiger partial charge in [0, 0.05) is 35.3 Å². The van der Waals surface area contributed by atoms with Gasteiger partial charge in [0.1, 0.15) is 18.2 Å². The van der Waals surface area contributed by atoms with Crippen LogP contribution in [0.25, 0.3) is 10.9 Å². The molecule has 0 aliphatic carbocycles. The van der Waals surface area contributed by atoms with Crippen molar-refractivity contribution in [3.8, 4) is 5.75 Å². The first-order chi connectivity index (χ1) is 10.2. The summed E-state index contributed by atoms with van der Waals surface area (Å²) < 4.78 is 21.0. The van der Waals surface area contributed by atoms with E-state index in [9.17, 15) is 4.39 Å². The number of rotatable bonds is 4. The van der Waals surface area contributed by atoms with Crippen LogP contribution in [0.15, 0.2) is 48.7 Å². The van der Waals surface area contributed by atoms with Crippen LogP contribution >= 0.6 is 11.6 Å². The van der Waals surface area contributed by atoms with Gasteiger partial charge in [0.2, 0.25) is 0 Å². The summed E-state index contributed by atoms with van der Waals surface area (Å²) in [6.07, 6.45) is 2.04. The van der Waals surface area contributed by atoms with E-state index in [1.54, 1.807) is 12.1 Å². The van der Waals surface area contributed by atoms with Gasteiger partial charge < -0.3 is 9.30 Å². The van der Waals surface area contributed by atoms with Gasteiger partial charge in [-0.15, -0.1) is 0 Å². The lowest BCUT2D eigenvalue weighted by molar-refractivity contribution is 0.305. The minimum atomic E-state index is -0.304. The van der Waals surface area contributed by atoms with E-state index in [2.05, 4.69) is 11.5 Å². The van der Waals surface area contributed by atoms with Crippen LogP contribution < -0.4 is 4.74 Å². The van der Waals surface area contributed by atoms with Crippen molar-refractivity contribution < 1.29 is 9.13 Å². The molecule has 0 spiro atoms. The van der Waals surface area contributed by atoms with Crippen molar-refractivity contribution in [1.29, 1.82) is 0 Å². The van der Waals surface area contributed by atoms with E-state index in [4.69, 9.17) is 16.3 Å². The van der Waals surface area contributed by atoms with Crippen molar-refractivity contribution in [2.45, 2.75) is 20.1 Å². The zero-order valence-corrected chi connectivity index (χ0v) is 12.4. The molecule has 1 heterocycles. The highest BCUT2D eigenvalue weighted by Crippen LogP contribution is 2.29. The van der Waals surface area contributed by atoms with Gasteiger partial charge in [-0.3, -0.25) is 0 Å². The maximum Gasteiger partial charge on any atom is 0.126 e. The number of halogens is 2. The Balaban J connectivity index is 1.94. The first-order valence-electron chi connectivity index (χ1n) is 6.83. The number of fused-ring (bicyclic) bond motifs is 1. The van der Waals surface area contributed by atoms with Crippen molar-refractivity contribution in [2.24, 2.45) is 0 Å². The topological polar surface area (TPSA) is 14.2 Å². The zero-order chi connectivity index (χ0) is 14.8. The molecule has 0 unspecified atom stereocenters. The number of nitrogens with zero attached hydrogens (tertiary/aromatic N) is 1. The average Bonchev–Trinajstić information content (AvgIpc) is 2.85. The van der Waals surface area contributed by atoms with Crippen molar-refractivity contribution in [3.63, 3.8) is 0 Å². The van der Waals surface area contributed by atoms with Crippen molar-refractivity contribution in [1.82, 2.24) is 4.57 Å². The molecular weight excluding hydrogens is 289 g/mol. The predicted octanol–water partition coefficient (Wildman–Crippen LogP) is 5.03. The molecule has 0 saturated carbocycles. The molecule has 0 bridgehead atoms. The molecule has 4 heteroatoms. The largest absolute Gasteiger partial charge is 0.489 e. The quantitative estimate of drug-likeness (QED) is 0.659. The van der Waals surface area contributed by atoms with Gasteiger partial charge in [-0.25, -0.2) is 4.39 Å². The summed E-state index contributed by atoms with van der Waals surface area (Å²) >= 11 is 6.31. The molecule has 0 saturated heterocycles. The van der Waals surface area contributed by atoms with Crippen LogP contribution in [0.4, 0.5) is 4.39 Å². The van der Waals surface area contributed by atoms with Gasteiger partial charge in [-0.2, -0.15) is 0 Å². The fourth-order valence-electron chi connectivity index (χ4n) is 2.48. The lowest BCUT2D eigenvalue weighted by atomic mass is 10.2. The normalized spacial score (nSPS) is 11.0. The minimum absolute atomic E-state index is 0.304. The second-order valence-electron chi connectivity index (χ2n) is 4.82. The van der Waals surface area contributed by atoms with E-state index < -0.39 is 0 Å². The van der Waals surface area contributed by atoms with Gasteiger partial charge in [0.25, 0.3) is 0 Å². The molecule has 108 valence electrons. The van der Waals surface area contributed by atoms with E-state index in [1.165, 1.54) is 12.1 Å². The molecule has 2 nitrogen and oxygen atoms in total. The zero-order valence-electron chi connectivity index (χ0n) is 11.6. The maximum atomic E-state index is 13.2. The Labute approximate surface area is 127 Å². The summed E-state index contributed by atoms with van der Waals surface area (Å²) in [6.45, 7) is 3.30. The second kappa shape index (κ2) is 5.78. The lowest BCUT2D eigenvalue weighted by Gasteiger charge is -2.05. The van der Waals surface area contributed by atoms with Crippen LogP contribution in [0, 0.1) is 5.82 Å². The van der Waals surface area contributed by atoms with Gasteiger partial charge in [-0.05, 0) is 31.2 Å². The first kappa shape index (κ1) is 14.0. The Hall–Kier alpha value is -2.00.